The van der Waals surface area contributed by atoms with Crippen LogP contribution in [0.15, 0.2) is 18.2 Å². The van der Waals surface area contributed by atoms with Crippen LogP contribution in [0, 0.1) is 11.6 Å². The number of hydrogen-bond acceptors (Lipinski definition) is 6. The highest BCUT2D eigenvalue weighted by molar-refractivity contribution is 5.78. The smallest absolute Gasteiger partial charge is 0.230 e. The van der Waals surface area contributed by atoms with Crippen LogP contribution in [0.3, 0.4) is 0 Å². The van der Waals surface area contributed by atoms with E-state index < -0.39 is 17.5 Å². The number of anilines is 2. The second-order valence-corrected chi connectivity index (χ2v) is 6.98. The third-order valence-electron chi connectivity index (χ3n) is 4.51. The van der Waals surface area contributed by atoms with Gasteiger partial charge < -0.3 is 15.1 Å². The average Bonchev–Trinajstić information content (AvgIpc) is 2.69. The molecule has 0 radical (unpaired) electrons. The Hall–Kier alpha value is -2.84. The Balaban J connectivity index is 1.68. The number of nitrogens with one attached hydrogen (secondary N) is 1. The van der Waals surface area contributed by atoms with Crippen molar-refractivity contribution in [2.24, 2.45) is 0 Å². The highest BCUT2D eigenvalue weighted by atomic mass is 19.1. The van der Waals surface area contributed by atoms with E-state index in [0.717, 1.165) is 38.1 Å². The van der Waals surface area contributed by atoms with Crippen LogP contribution < -0.4 is 15.1 Å². The van der Waals surface area contributed by atoms with Crippen LogP contribution in [-0.4, -0.2) is 48.0 Å². The molecule has 0 aliphatic carbocycles. The molecule has 150 valence electrons. The van der Waals surface area contributed by atoms with E-state index >= 15 is 0 Å². The fourth-order valence-corrected chi connectivity index (χ4v) is 2.99. The predicted molar refractivity (Wildman–Crippen MR) is 102 cm³/mol. The van der Waals surface area contributed by atoms with Gasteiger partial charge in [0.2, 0.25) is 17.8 Å². The monoisotopic (exact) mass is 390 g/mol. The lowest BCUT2D eigenvalue weighted by atomic mass is 10.1. The highest BCUT2D eigenvalue weighted by Gasteiger charge is 2.17. The molecule has 28 heavy (non-hydrogen) atoms. The number of rotatable bonds is 6. The molecule has 1 aromatic heterocycles. The van der Waals surface area contributed by atoms with Gasteiger partial charge in [0.25, 0.3) is 0 Å². The van der Waals surface area contributed by atoms with Crippen molar-refractivity contribution in [3.8, 4) is 0 Å². The van der Waals surface area contributed by atoms with Crippen molar-refractivity contribution in [3.63, 3.8) is 0 Å². The van der Waals surface area contributed by atoms with E-state index in [1.54, 1.807) is 4.90 Å². The molecule has 1 aliphatic heterocycles. The number of hydrogen-bond donors (Lipinski definition) is 1. The molecule has 1 saturated heterocycles. The van der Waals surface area contributed by atoms with E-state index in [0.29, 0.717) is 17.7 Å². The summed E-state index contributed by atoms with van der Waals surface area (Å²) in [5.41, 5.74) is 0.137. The van der Waals surface area contributed by atoms with E-state index in [4.69, 9.17) is 0 Å². The maximum atomic E-state index is 13.7. The molecule has 1 N–H and O–H groups in total. The van der Waals surface area contributed by atoms with Crippen molar-refractivity contribution in [3.05, 3.63) is 41.2 Å². The van der Waals surface area contributed by atoms with Gasteiger partial charge in [0.1, 0.15) is 11.6 Å². The van der Waals surface area contributed by atoms with Crippen molar-refractivity contribution in [1.82, 2.24) is 20.3 Å². The molecule has 9 heteroatoms. The largest absolute Gasteiger partial charge is 0.349 e. The van der Waals surface area contributed by atoms with Crippen LogP contribution in [0.1, 0.15) is 30.7 Å². The Morgan fingerprint density at radius 2 is 1.89 bits per heavy atom. The Bertz CT molecular complexity index is 839. The summed E-state index contributed by atoms with van der Waals surface area (Å²) in [5, 5.41) is 2.70. The number of piperidine rings is 1. The van der Waals surface area contributed by atoms with E-state index in [1.807, 2.05) is 14.1 Å². The Morgan fingerprint density at radius 3 is 2.57 bits per heavy atom. The Kier molecular flexibility index (Phi) is 6.33. The van der Waals surface area contributed by atoms with Crippen molar-refractivity contribution >= 4 is 17.8 Å². The molecule has 1 fully saturated rings. The van der Waals surface area contributed by atoms with Crippen molar-refractivity contribution in [2.75, 3.05) is 37.0 Å². The summed E-state index contributed by atoms with van der Waals surface area (Å²) in [5.74, 6) is -0.244. The van der Waals surface area contributed by atoms with Crippen molar-refractivity contribution in [2.45, 2.75) is 32.2 Å². The van der Waals surface area contributed by atoms with Gasteiger partial charge in [0.05, 0.1) is 13.0 Å². The number of nitrogens with zero attached hydrogens (tertiary/aromatic N) is 5. The lowest BCUT2D eigenvalue weighted by molar-refractivity contribution is -0.120. The molecule has 0 atom stereocenters. The second kappa shape index (κ2) is 8.90. The molecule has 1 aliphatic rings. The summed E-state index contributed by atoms with van der Waals surface area (Å²) in [7, 11) is 3.68. The summed E-state index contributed by atoms with van der Waals surface area (Å²) in [6.45, 7) is 1.89. The summed E-state index contributed by atoms with van der Waals surface area (Å²) >= 11 is 0. The molecule has 7 nitrogen and oxygen atoms in total. The van der Waals surface area contributed by atoms with Gasteiger partial charge in [-0.25, -0.2) is 8.78 Å². The standard InChI is InChI=1S/C19H24F2N6O/c1-26(2)18-23-16(24-19(25-18)27-8-4-3-5-9-27)12-22-17(28)10-13-6-7-14(20)11-15(13)21/h6-7,11H,3-5,8-10,12H2,1-2H3,(H,22,28). The van der Waals surface area contributed by atoms with Gasteiger partial charge in [-0.2, -0.15) is 15.0 Å². The Morgan fingerprint density at radius 1 is 1.14 bits per heavy atom. The van der Waals surface area contributed by atoms with Crippen molar-refractivity contribution < 1.29 is 13.6 Å². The number of amides is 1. The second-order valence-electron chi connectivity index (χ2n) is 6.98. The molecule has 2 aromatic rings. The van der Waals surface area contributed by atoms with Gasteiger partial charge in [-0.3, -0.25) is 4.79 Å². The van der Waals surface area contributed by atoms with Gasteiger partial charge in [-0.1, -0.05) is 6.07 Å². The van der Waals surface area contributed by atoms with Crippen LogP contribution >= 0.6 is 0 Å². The zero-order valence-electron chi connectivity index (χ0n) is 16.1. The fourth-order valence-electron chi connectivity index (χ4n) is 2.99. The maximum Gasteiger partial charge on any atom is 0.230 e. The Labute approximate surface area is 162 Å². The first-order valence-corrected chi connectivity index (χ1v) is 9.30. The maximum absolute atomic E-state index is 13.7. The lowest BCUT2D eigenvalue weighted by Crippen LogP contribution is -2.33. The number of halogens is 2. The zero-order chi connectivity index (χ0) is 20.1. The molecule has 1 aromatic carbocycles. The minimum Gasteiger partial charge on any atom is -0.349 e. The average molecular weight is 390 g/mol. The molecule has 2 heterocycles. The van der Waals surface area contributed by atoms with Crippen molar-refractivity contribution in [1.29, 1.82) is 0 Å². The van der Waals surface area contributed by atoms with Gasteiger partial charge in [-0.05, 0) is 30.9 Å². The predicted octanol–water partition coefficient (Wildman–Crippen LogP) is 2.06. The summed E-state index contributed by atoms with van der Waals surface area (Å²) in [6.07, 6.45) is 3.21. The first kappa shape index (κ1) is 19.9. The van der Waals surface area contributed by atoms with Gasteiger partial charge in [0, 0.05) is 33.3 Å². The topological polar surface area (TPSA) is 74.2 Å². The third kappa shape index (κ3) is 5.11. The number of carbonyl (C=O) groups excluding carboxylic acids is 1. The van der Waals surface area contributed by atoms with E-state index in [1.165, 1.54) is 12.5 Å². The van der Waals surface area contributed by atoms with Gasteiger partial charge in [0.15, 0.2) is 5.82 Å². The molecular formula is C19H24F2N6O. The van der Waals surface area contributed by atoms with Crippen LogP contribution in [-0.2, 0) is 17.8 Å². The van der Waals surface area contributed by atoms with E-state index in [9.17, 15) is 13.6 Å². The summed E-state index contributed by atoms with van der Waals surface area (Å²) in [6, 6.07) is 3.17. The minimum absolute atomic E-state index is 0.103. The molecule has 0 spiro atoms. The first-order chi connectivity index (χ1) is 13.4. The molecule has 3 rings (SSSR count). The molecule has 0 bridgehead atoms. The number of aromatic nitrogens is 3. The normalized spacial score (nSPS) is 14.1. The lowest BCUT2D eigenvalue weighted by Gasteiger charge is -2.27. The van der Waals surface area contributed by atoms with Crippen LogP contribution in [0.2, 0.25) is 0 Å². The molecule has 1 amide bonds. The van der Waals surface area contributed by atoms with E-state index in [-0.39, 0.29) is 18.5 Å². The SMILES string of the molecule is CN(C)c1nc(CNC(=O)Cc2ccc(F)cc2F)nc(N2CCCCC2)n1. The number of benzene rings is 1. The fraction of sp³-hybridized carbons (Fsp3) is 0.474. The van der Waals surface area contributed by atoms with Crippen LogP contribution in [0.25, 0.3) is 0 Å². The molecule has 0 unspecified atom stereocenters. The summed E-state index contributed by atoms with van der Waals surface area (Å²) < 4.78 is 26.7. The molecular weight excluding hydrogens is 366 g/mol. The highest BCUT2D eigenvalue weighted by Crippen LogP contribution is 2.18. The quantitative estimate of drug-likeness (QED) is 0.814. The van der Waals surface area contributed by atoms with Gasteiger partial charge >= 0.3 is 0 Å². The number of carbonyl (C=O) groups is 1. The third-order valence-corrected chi connectivity index (χ3v) is 4.51. The van der Waals surface area contributed by atoms with Crippen LogP contribution in [0.4, 0.5) is 20.7 Å². The summed E-state index contributed by atoms with van der Waals surface area (Å²) in [4.78, 5) is 29.4. The molecule has 0 saturated carbocycles. The zero-order valence-corrected chi connectivity index (χ0v) is 16.1. The first-order valence-electron chi connectivity index (χ1n) is 9.30. The minimum atomic E-state index is -0.738. The van der Waals surface area contributed by atoms with Crippen LogP contribution in [0.5, 0.6) is 0 Å². The van der Waals surface area contributed by atoms with Gasteiger partial charge in [-0.15, -0.1) is 0 Å². The van der Waals surface area contributed by atoms with E-state index in [2.05, 4.69) is 25.2 Å².